The molecule has 0 saturated heterocycles. The van der Waals surface area contributed by atoms with E-state index in [1.165, 1.54) is 0 Å². The first-order valence-electron chi connectivity index (χ1n) is 9.18. The Morgan fingerprint density at radius 3 is 2.18 bits per heavy atom. The quantitative estimate of drug-likeness (QED) is 0.568. The number of para-hydroxylation sites is 4. The first-order chi connectivity index (χ1) is 13.7. The van der Waals surface area contributed by atoms with Gasteiger partial charge in [0.05, 0.1) is 12.2 Å². The van der Waals surface area contributed by atoms with E-state index in [0.29, 0.717) is 24.7 Å². The lowest BCUT2D eigenvalue weighted by Crippen LogP contribution is -2.30. The number of hydrogen-bond acceptors (Lipinski definition) is 4. The summed E-state index contributed by atoms with van der Waals surface area (Å²) >= 11 is 0. The third-order valence-electron chi connectivity index (χ3n) is 4.09. The average molecular weight is 376 g/mol. The molecule has 0 aliphatic carbocycles. The summed E-state index contributed by atoms with van der Waals surface area (Å²) < 4.78 is 11.4. The Labute approximate surface area is 165 Å². The Morgan fingerprint density at radius 1 is 0.821 bits per heavy atom. The molecule has 5 heteroatoms. The third-order valence-corrected chi connectivity index (χ3v) is 4.09. The molecule has 3 aromatic rings. The fourth-order valence-corrected chi connectivity index (χ4v) is 2.70. The summed E-state index contributed by atoms with van der Waals surface area (Å²) in [6.45, 7) is 1.05. The van der Waals surface area contributed by atoms with Crippen LogP contribution in [0.25, 0.3) is 0 Å². The average Bonchev–Trinajstić information content (AvgIpc) is 2.73. The summed E-state index contributed by atoms with van der Waals surface area (Å²) in [5.74, 6) is 1.31. The number of rotatable bonds is 9. The fraction of sp³-hybridized carbons (Fsp3) is 0.174. The maximum Gasteiger partial charge on any atom is 0.243 e. The molecule has 0 fully saturated rings. The van der Waals surface area contributed by atoms with Gasteiger partial charge in [0.2, 0.25) is 5.91 Å². The van der Waals surface area contributed by atoms with E-state index < -0.39 is 0 Å². The Kier molecular flexibility index (Phi) is 6.90. The van der Waals surface area contributed by atoms with Crippen molar-refractivity contribution in [1.29, 1.82) is 0 Å². The monoisotopic (exact) mass is 376 g/mol. The number of likely N-dealkylation sites (N-methyl/N-ethyl adjacent to an activating group) is 1. The van der Waals surface area contributed by atoms with Crippen LogP contribution in [0.5, 0.6) is 11.5 Å². The van der Waals surface area contributed by atoms with Gasteiger partial charge in [0.25, 0.3) is 0 Å². The van der Waals surface area contributed by atoms with Crippen LogP contribution in [0, 0.1) is 0 Å². The molecule has 0 spiro atoms. The molecule has 0 unspecified atom stereocenters. The van der Waals surface area contributed by atoms with Gasteiger partial charge in [-0.05, 0) is 36.4 Å². The van der Waals surface area contributed by atoms with E-state index in [1.807, 2.05) is 96.9 Å². The van der Waals surface area contributed by atoms with Crippen molar-refractivity contribution in [3.05, 3.63) is 84.9 Å². The van der Waals surface area contributed by atoms with Gasteiger partial charge in [-0.1, -0.05) is 48.5 Å². The SMILES string of the molecule is CN(CC(=O)Nc1ccccc1OCCOc1ccccc1)c1ccccc1. The highest BCUT2D eigenvalue weighted by Gasteiger charge is 2.10. The molecule has 3 aromatic carbocycles. The molecular weight excluding hydrogens is 352 g/mol. The van der Waals surface area contributed by atoms with Gasteiger partial charge in [0, 0.05) is 12.7 Å². The minimum atomic E-state index is -0.108. The molecule has 1 N–H and O–H groups in total. The smallest absolute Gasteiger partial charge is 0.243 e. The molecule has 0 aliphatic heterocycles. The molecular formula is C23H24N2O3. The lowest BCUT2D eigenvalue weighted by Gasteiger charge is -2.19. The van der Waals surface area contributed by atoms with Crippen LogP contribution >= 0.6 is 0 Å². The predicted octanol–water partition coefficient (Wildman–Crippen LogP) is 4.22. The van der Waals surface area contributed by atoms with Crippen LogP contribution in [0.15, 0.2) is 84.9 Å². The van der Waals surface area contributed by atoms with Crippen molar-refractivity contribution in [1.82, 2.24) is 0 Å². The highest BCUT2D eigenvalue weighted by atomic mass is 16.5. The van der Waals surface area contributed by atoms with E-state index in [9.17, 15) is 4.79 Å². The van der Waals surface area contributed by atoms with Crippen LogP contribution in [0.2, 0.25) is 0 Å². The van der Waals surface area contributed by atoms with Gasteiger partial charge in [0.15, 0.2) is 0 Å². The summed E-state index contributed by atoms with van der Waals surface area (Å²) in [6.07, 6.45) is 0. The Bertz CT molecular complexity index is 869. The molecule has 0 aromatic heterocycles. The maximum absolute atomic E-state index is 12.4. The molecule has 0 aliphatic rings. The number of ether oxygens (including phenoxy) is 2. The molecule has 144 valence electrons. The molecule has 28 heavy (non-hydrogen) atoms. The second kappa shape index (κ2) is 10.0. The van der Waals surface area contributed by atoms with Crippen molar-refractivity contribution < 1.29 is 14.3 Å². The lowest BCUT2D eigenvalue weighted by molar-refractivity contribution is -0.114. The van der Waals surface area contributed by atoms with Crippen molar-refractivity contribution in [3.63, 3.8) is 0 Å². The largest absolute Gasteiger partial charge is 0.490 e. The molecule has 0 radical (unpaired) electrons. The highest BCUT2D eigenvalue weighted by molar-refractivity contribution is 5.95. The number of amides is 1. The van der Waals surface area contributed by atoms with Crippen molar-refractivity contribution in [2.45, 2.75) is 0 Å². The second-order valence-electron chi connectivity index (χ2n) is 6.25. The third kappa shape index (κ3) is 5.77. The zero-order chi connectivity index (χ0) is 19.6. The van der Waals surface area contributed by atoms with Gasteiger partial charge in [-0.3, -0.25) is 4.79 Å². The van der Waals surface area contributed by atoms with Crippen LogP contribution in [0.1, 0.15) is 0 Å². The van der Waals surface area contributed by atoms with Crippen molar-refractivity contribution in [2.75, 3.05) is 37.0 Å². The standard InChI is InChI=1S/C23H24N2O3/c1-25(19-10-4-2-5-11-19)18-23(26)24-21-14-8-9-15-22(21)28-17-16-27-20-12-6-3-7-13-20/h2-15H,16-18H2,1H3,(H,24,26). The van der Waals surface area contributed by atoms with Gasteiger partial charge in [-0.25, -0.2) is 0 Å². The Hall–Kier alpha value is -3.47. The Morgan fingerprint density at radius 2 is 1.43 bits per heavy atom. The van der Waals surface area contributed by atoms with Crippen LogP contribution in [-0.2, 0) is 4.79 Å². The number of anilines is 2. The number of carbonyl (C=O) groups is 1. The Balaban J connectivity index is 1.51. The van der Waals surface area contributed by atoms with Gasteiger partial charge < -0.3 is 19.7 Å². The van der Waals surface area contributed by atoms with Crippen molar-refractivity contribution >= 4 is 17.3 Å². The molecule has 0 heterocycles. The summed E-state index contributed by atoms with van der Waals surface area (Å²) in [7, 11) is 1.89. The predicted molar refractivity (Wildman–Crippen MR) is 112 cm³/mol. The zero-order valence-corrected chi connectivity index (χ0v) is 15.9. The van der Waals surface area contributed by atoms with Crippen LogP contribution in [0.3, 0.4) is 0 Å². The van der Waals surface area contributed by atoms with E-state index in [-0.39, 0.29) is 12.5 Å². The van der Waals surface area contributed by atoms with Gasteiger partial charge in [-0.2, -0.15) is 0 Å². The number of nitrogens with zero attached hydrogens (tertiary/aromatic N) is 1. The van der Waals surface area contributed by atoms with E-state index >= 15 is 0 Å². The second-order valence-corrected chi connectivity index (χ2v) is 6.25. The first kappa shape index (κ1) is 19.3. The lowest BCUT2D eigenvalue weighted by atomic mass is 10.2. The molecule has 1 amide bonds. The molecule has 0 saturated carbocycles. The minimum Gasteiger partial charge on any atom is -0.490 e. The number of carbonyl (C=O) groups excluding carboxylic acids is 1. The van der Waals surface area contributed by atoms with Gasteiger partial charge in [0.1, 0.15) is 24.7 Å². The van der Waals surface area contributed by atoms with E-state index in [4.69, 9.17) is 9.47 Å². The normalized spacial score (nSPS) is 10.2. The first-order valence-corrected chi connectivity index (χ1v) is 9.18. The van der Waals surface area contributed by atoms with Crippen LogP contribution < -0.4 is 19.7 Å². The van der Waals surface area contributed by atoms with Gasteiger partial charge >= 0.3 is 0 Å². The zero-order valence-electron chi connectivity index (χ0n) is 15.9. The van der Waals surface area contributed by atoms with E-state index in [1.54, 1.807) is 0 Å². The molecule has 0 atom stereocenters. The molecule has 3 rings (SSSR count). The summed E-state index contributed by atoms with van der Waals surface area (Å²) in [6, 6.07) is 26.8. The number of nitrogens with one attached hydrogen (secondary N) is 1. The number of benzene rings is 3. The van der Waals surface area contributed by atoms with E-state index in [2.05, 4.69) is 5.32 Å². The van der Waals surface area contributed by atoms with Gasteiger partial charge in [-0.15, -0.1) is 0 Å². The van der Waals surface area contributed by atoms with Crippen molar-refractivity contribution in [3.8, 4) is 11.5 Å². The summed E-state index contributed by atoms with van der Waals surface area (Å²) in [5.41, 5.74) is 1.63. The molecule has 5 nitrogen and oxygen atoms in total. The number of hydrogen-bond donors (Lipinski definition) is 1. The summed E-state index contributed by atoms with van der Waals surface area (Å²) in [4.78, 5) is 14.3. The van der Waals surface area contributed by atoms with Crippen LogP contribution in [-0.4, -0.2) is 32.7 Å². The summed E-state index contributed by atoms with van der Waals surface area (Å²) in [5, 5.41) is 2.92. The van der Waals surface area contributed by atoms with Crippen LogP contribution in [0.4, 0.5) is 11.4 Å². The minimum absolute atomic E-state index is 0.108. The van der Waals surface area contributed by atoms with Crippen molar-refractivity contribution in [2.24, 2.45) is 0 Å². The van der Waals surface area contributed by atoms with E-state index in [0.717, 1.165) is 11.4 Å². The molecule has 0 bridgehead atoms. The topological polar surface area (TPSA) is 50.8 Å². The highest BCUT2D eigenvalue weighted by Crippen LogP contribution is 2.24. The fourth-order valence-electron chi connectivity index (χ4n) is 2.70. The maximum atomic E-state index is 12.4.